The van der Waals surface area contributed by atoms with Crippen molar-refractivity contribution >= 4 is 11.3 Å². The molecule has 0 amide bonds. The topological polar surface area (TPSA) is 15.3 Å². The molecule has 0 radical (unpaired) electrons. The van der Waals surface area contributed by atoms with Gasteiger partial charge in [0.15, 0.2) is 0 Å². The highest BCUT2D eigenvalue weighted by Gasteiger charge is 2.22. The van der Waals surface area contributed by atoms with Crippen LogP contribution in [0.25, 0.3) is 0 Å². The lowest BCUT2D eigenvalue weighted by Crippen LogP contribution is -2.35. The van der Waals surface area contributed by atoms with Gasteiger partial charge in [-0.3, -0.25) is 0 Å². The lowest BCUT2D eigenvalue weighted by atomic mass is 9.87. The van der Waals surface area contributed by atoms with E-state index in [0.29, 0.717) is 6.04 Å². The molecule has 1 aromatic heterocycles. The summed E-state index contributed by atoms with van der Waals surface area (Å²) in [5.74, 6) is 0.768. The van der Waals surface area contributed by atoms with E-state index in [2.05, 4.69) is 42.6 Å². The number of nitrogens with one attached hydrogen (secondary N) is 1. The zero-order valence-electron chi connectivity index (χ0n) is 11.9. The van der Waals surface area contributed by atoms with Crippen molar-refractivity contribution < 1.29 is 0 Å². The summed E-state index contributed by atoms with van der Waals surface area (Å²) in [6.07, 6.45) is 4.05. The minimum Gasteiger partial charge on any atom is -0.313 e. The molecule has 2 nitrogen and oxygen atoms in total. The maximum atomic E-state index is 3.49. The zero-order valence-corrected chi connectivity index (χ0v) is 12.7. The van der Waals surface area contributed by atoms with Crippen LogP contribution in [0.15, 0.2) is 11.4 Å². The highest BCUT2D eigenvalue weighted by Crippen LogP contribution is 2.35. The summed E-state index contributed by atoms with van der Waals surface area (Å²) in [4.78, 5) is 4.12. The van der Waals surface area contributed by atoms with Crippen LogP contribution >= 0.6 is 11.3 Å². The predicted octanol–water partition coefficient (Wildman–Crippen LogP) is 3.10. The van der Waals surface area contributed by atoms with Crippen LogP contribution in [0.3, 0.4) is 0 Å². The van der Waals surface area contributed by atoms with Crippen LogP contribution in [0.5, 0.6) is 0 Å². The van der Waals surface area contributed by atoms with Gasteiger partial charge < -0.3 is 10.2 Å². The standard InChI is InChI=1S/C15H26N2S/c1-12(2)16-8-9-17(3)11-13-5-4-6-15-14(13)7-10-18-15/h7,10,12-13,16H,4-6,8-9,11H2,1-3H3. The molecule has 0 aliphatic heterocycles. The van der Waals surface area contributed by atoms with Crippen molar-refractivity contribution in [3.63, 3.8) is 0 Å². The lowest BCUT2D eigenvalue weighted by molar-refractivity contribution is 0.294. The highest BCUT2D eigenvalue weighted by molar-refractivity contribution is 7.10. The fourth-order valence-corrected chi connectivity index (χ4v) is 3.80. The summed E-state index contributed by atoms with van der Waals surface area (Å²) in [5.41, 5.74) is 1.63. The van der Waals surface area contributed by atoms with E-state index in [0.717, 1.165) is 19.0 Å². The molecule has 1 atom stereocenters. The smallest absolute Gasteiger partial charge is 0.0104 e. The van der Waals surface area contributed by atoms with Gasteiger partial charge in [-0.25, -0.2) is 0 Å². The fraction of sp³-hybridized carbons (Fsp3) is 0.733. The van der Waals surface area contributed by atoms with Crippen LogP contribution in [0.2, 0.25) is 0 Å². The third kappa shape index (κ3) is 3.81. The first-order chi connectivity index (χ1) is 8.66. The summed E-state index contributed by atoms with van der Waals surface area (Å²) < 4.78 is 0. The molecule has 1 aliphatic rings. The Morgan fingerprint density at radius 1 is 1.50 bits per heavy atom. The maximum Gasteiger partial charge on any atom is 0.0104 e. The highest BCUT2D eigenvalue weighted by atomic mass is 32.1. The van der Waals surface area contributed by atoms with E-state index in [9.17, 15) is 0 Å². The van der Waals surface area contributed by atoms with Gasteiger partial charge in [0.25, 0.3) is 0 Å². The van der Waals surface area contributed by atoms with Crippen LogP contribution in [0.1, 0.15) is 43.0 Å². The molecule has 0 saturated heterocycles. The van der Waals surface area contributed by atoms with Crippen LogP contribution < -0.4 is 5.32 Å². The number of hydrogen-bond acceptors (Lipinski definition) is 3. The van der Waals surface area contributed by atoms with Gasteiger partial charge in [0.1, 0.15) is 0 Å². The fourth-order valence-electron chi connectivity index (χ4n) is 2.78. The summed E-state index contributed by atoms with van der Waals surface area (Å²) in [7, 11) is 2.25. The van der Waals surface area contributed by atoms with Crippen LogP contribution in [-0.2, 0) is 6.42 Å². The van der Waals surface area contributed by atoms with Gasteiger partial charge in [0.2, 0.25) is 0 Å². The van der Waals surface area contributed by atoms with E-state index in [-0.39, 0.29) is 0 Å². The second-order valence-corrected chi connectivity index (χ2v) is 6.76. The van der Waals surface area contributed by atoms with E-state index in [4.69, 9.17) is 0 Å². The Kier molecular flexibility index (Phi) is 5.22. The normalized spacial score (nSPS) is 19.5. The van der Waals surface area contributed by atoms with Crippen molar-refractivity contribution in [2.75, 3.05) is 26.7 Å². The Morgan fingerprint density at radius 3 is 3.11 bits per heavy atom. The Bertz CT molecular complexity index is 359. The minimum atomic E-state index is 0.594. The quantitative estimate of drug-likeness (QED) is 0.851. The molecule has 1 unspecified atom stereocenters. The first-order valence-electron chi connectivity index (χ1n) is 7.15. The van der Waals surface area contributed by atoms with E-state index in [1.807, 2.05) is 11.3 Å². The molecule has 1 heterocycles. The SMILES string of the molecule is CC(C)NCCN(C)CC1CCCc2sccc21. The van der Waals surface area contributed by atoms with Gasteiger partial charge in [0, 0.05) is 30.6 Å². The molecule has 2 rings (SSSR count). The van der Waals surface area contributed by atoms with Gasteiger partial charge in [-0.05, 0) is 49.2 Å². The second-order valence-electron chi connectivity index (χ2n) is 5.76. The first kappa shape index (κ1) is 14.0. The van der Waals surface area contributed by atoms with E-state index < -0.39 is 0 Å². The molecular formula is C15H26N2S. The molecule has 0 bridgehead atoms. The number of hydrogen-bond donors (Lipinski definition) is 1. The number of thiophene rings is 1. The summed E-state index contributed by atoms with van der Waals surface area (Å²) in [6.45, 7) is 7.87. The molecule has 102 valence electrons. The Morgan fingerprint density at radius 2 is 2.33 bits per heavy atom. The van der Waals surface area contributed by atoms with Crippen molar-refractivity contribution in [2.45, 2.75) is 45.1 Å². The third-order valence-electron chi connectivity index (χ3n) is 3.75. The van der Waals surface area contributed by atoms with Gasteiger partial charge in [0.05, 0.1) is 0 Å². The van der Waals surface area contributed by atoms with Crippen molar-refractivity contribution in [1.82, 2.24) is 10.2 Å². The molecule has 1 N–H and O–H groups in total. The van der Waals surface area contributed by atoms with Crippen LogP contribution in [-0.4, -0.2) is 37.6 Å². The molecule has 0 fully saturated rings. The Labute approximate surface area is 115 Å². The minimum absolute atomic E-state index is 0.594. The molecule has 1 aliphatic carbocycles. The van der Waals surface area contributed by atoms with Crippen LogP contribution in [0.4, 0.5) is 0 Å². The monoisotopic (exact) mass is 266 g/mol. The Balaban J connectivity index is 1.80. The van der Waals surface area contributed by atoms with Gasteiger partial charge in [-0.2, -0.15) is 0 Å². The van der Waals surface area contributed by atoms with Crippen molar-refractivity contribution in [3.8, 4) is 0 Å². The maximum absolute atomic E-state index is 3.49. The molecule has 18 heavy (non-hydrogen) atoms. The van der Waals surface area contributed by atoms with Crippen molar-refractivity contribution in [1.29, 1.82) is 0 Å². The lowest BCUT2D eigenvalue weighted by Gasteiger charge is -2.27. The van der Waals surface area contributed by atoms with Gasteiger partial charge >= 0.3 is 0 Å². The molecule has 0 aromatic carbocycles. The average molecular weight is 266 g/mol. The third-order valence-corrected chi connectivity index (χ3v) is 4.75. The number of fused-ring (bicyclic) bond motifs is 1. The summed E-state index contributed by atoms with van der Waals surface area (Å²) >= 11 is 1.95. The summed E-state index contributed by atoms with van der Waals surface area (Å²) in [6, 6.07) is 2.95. The first-order valence-corrected chi connectivity index (χ1v) is 8.03. The number of aryl methyl sites for hydroxylation is 1. The van der Waals surface area contributed by atoms with E-state index in [1.54, 1.807) is 10.4 Å². The zero-order chi connectivity index (χ0) is 13.0. The van der Waals surface area contributed by atoms with E-state index >= 15 is 0 Å². The largest absolute Gasteiger partial charge is 0.313 e. The summed E-state index contributed by atoms with van der Waals surface area (Å²) in [5, 5.41) is 5.76. The molecule has 0 spiro atoms. The molecular weight excluding hydrogens is 240 g/mol. The van der Waals surface area contributed by atoms with Crippen LogP contribution in [0, 0.1) is 0 Å². The average Bonchev–Trinajstić information content (AvgIpc) is 2.77. The molecule has 1 aromatic rings. The molecule has 0 saturated carbocycles. The Hall–Kier alpha value is -0.380. The number of nitrogens with zero attached hydrogens (tertiary/aromatic N) is 1. The van der Waals surface area contributed by atoms with Crippen molar-refractivity contribution in [3.05, 3.63) is 21.9 Å². The number of rotatable bonds is 6. The molecule has 3 heteroatoms. The van der Waals surface area contributed by atoms with Gasteiger partial charge in [-0.1, -0.05) is 13.8 Å². The second kappa shape index (κ2) is 6.69. The predicted molar refractivity (Wildman–Crippen MR) is 80.6 cm³/mol. The van der Waals surface area contributed by atoms with Gasteiger partial charge in [-0.15, -0.1) is 11.3 Å². The van der Waals surface area contributed by atoms with E-state index in [1.165, 1.54) is 25.8 Å². The number of likely N-dealkylation sites (N-methyl/N-ethyl adjacent to an activating group) is 1. The van der Waals surface area contributed by atoms with Crippen molar-refractivity contribution in [2.24, 2.45) is 0 Å².